The molecule has 72 valence electrons. The van der Waals surface area contributed by atoms with E-state index in [1.807, 2.05) is 12.1 Å². The molecule has 1 aliphatic carbocycles. The second-order valence-electron chi connectivity index (χ2n) is 3.62. The largest absolute Gasteiger partial charge is 0.207 e. The zero-order valence-electron chi connectivity index (χ0n) is 8.20. The molecule has 0 N–H and O–H groups in total. The van der Waals surface area contributed by atoms with Gasteiger partial charge in [0.1, 0.15) is 5.82 Å². The third-order valence-electron chi connectivity index (χ3n) is 2.67. The van der Waals surface area contributed by atoms with E-state index in [9.17, 15) is 4.39 Å². The quantitative estimate of drug-likeness (QED) is 0.662. The summed E-state index contributed by atoms with van der Waals surface area (Å²) in [7, 11) is 0. The highest BCUT2D eigenvalue weighted by Gasteiger charge is 2.10. The lowest BCUT2D eigenvalue weighted by molar-refractivity contribution is 0.626. The van der Waals surface area contributed by atoms with Gasteiger partial charge in [-0.1, -0.05) is 37.3 Å². The third-order valence-corrected chi connectivity index (χ3v) is 2.67. The molecule has 0 fully saturated rings. The SMILES string of the molecule is CC(C1=CCC=C1)c1ccc(F)cc1. The molecule has 0 amide bonds. The monoisotopic (exact) mass is 188 g/mol. The van der Waals surface area contributed by atoms with Crippen LogP contribution in [0.4, 0.5) is 4.39 Å². The average Bonchev–Trinajstić information content (AvgIpc) is 2.71. The summed E-state index contributed by atoms with van der Waals surface area (Å²) in [5.74, 6) is 0.200. The minimum atomic E-state index is -0.170. The lowest BCUT2D eigenvalue weighted by atomic mass is 9.94. The number of hydrogen-bond donors (Lipinski definition) is 0. The van der Waals surface area contributed by atoms with Gasteiger partial charge in [-0.25, -0.2) is 4.39 Å². The van der Waals surface area contributed by atoms with Gasteiger partial charge in [0.15, 0.2) is 0 Å². The zero-order chi connectivity index (χ0) is 9.97. The summed E-state index contributed by atoms with van der Waals surface area (Å²) in [6.45, 7) is 2.15. The Kier molecular flexibility index (Phi) is 2.49. The Hall–Kier alpha value is -1.37. The summed E-state index contributed by atoms with van der Waals surface area (Å²) in [5, 5.41) is 0. The average molecular weight is 188 g/mol. The van der Waals surface area contributed by atoms with Crippen molar-refractivity contribution in [1.82, 2.24) is 0 Å². The van der Waals surface area contributed by atoms with Crippen LogP contribution in [0, 0.1) is 5.82 Å². The summed E-state index contributed by atoms with van der Waals surface area (Å²) in [4.78, 5) is 0. The van der Waals surface area contributed by atoms with Crippen molar-refractivity contribution in [3.05, 3.63) is 59.4 Å². The van der Waals surface area contributed by atoms with Gasteiger partial charge >= 0.3 is 0 Å². The lowest BCUT2D eigenvalue weighted by Gasteiger charge is -2.11. The van der Waals surface area contributed by atoms with Crippen molar-refractivity contribution < 1.29 is 4.39 Å². The summed E-state index contributed by atoms with van der Waals surface area (Å²) >= 11 is 0. The highest BCUT2D eigenvalue weighted by molar-refractivity contribution is 5.37. The minimum absolute atomic E-state index is 0.170. The van der Waals surface area contributed by atoms with Crippen molar-refractivity contribution >= 4 is 0 Å². The van der Waals surface area contributed by atoms with E-state index in [-0.39, 0.29) is 5.82 Å². The van der Waals surface area contributed by atoms with Crippen molar-refractivity contribution in [2.45, 2.75) is 19.3 Å². The molecule has 1 atom stereocenters. The smallest absolute Gasteiger partial charge is 0.123 e. The Morgan fingerprint density at radius 2 is 1.93 bits per heavy atom. The van der Waals surface area contributed by atoms with E-state index >= 15 is 0 Å². The van der Waals surface area contributed by atoms with Crippen LogP contribution in [-0.4, -0.2) is 0 Å². The topological polar surface area (TPSA) is 0 Å². The maximum atomic E-state index is 12.7. The van der Waals surface area contributed by atoms with E-state index in [1.165, 1.54) is 23.3 Å². The van der Waals surface area contributed by atoms with E-state index in [1.54, 1.807) is 0 Å². The molecule has 1 aromatic rings. The fraction of sp³-hybridized carbons (Fsp3) is 0.231. The van der Waals surface area contributed by atoms with E-state index in [0.717, 1.165) is 6.42 Å². The molecular formula is C13H13F. The standard InChI is InChI=1S/C13H13F/c1-10(11-4-2-3-5-11)12-6-8-13(14)9-7-12/h2,4-10H,3H2,1H3. The number of benzene rings is 1. The predicted molar refractivity (Wildman–Crippen MR) is 56.7 cm³/mol. The van der Waals surface area contributed by atoms with E-state index in [2.05, 4.69) is 25.2 Å². The number of allylic oxidation sites excluding steroid dienone is 4. The van der Waals surface area contributed by atoms with Gasteiger partial charge in [0.2, 0.25) is 0 Å². The number of rotatable bonds is 2. The van der Waals surface area contributed by atoms with Gasteiger partial charge in [0.25, 0.3) is 0 Å². The lowest BCUT2D eigenvalue weighted by Crippen LogP contribution is -1.94. The summed E-state index contributed by atoms with van der Waals surface area (Å²) in [6.07, 6.45) is 7.54. The van der Waals surface area contributed by atoms with Gasteiger partial charge in [0, 0.05) is 5.92 Å². The van der Waals surface area contributed by atoms with Crippen molar-refractivity contribution in [2.75, 3.05) is 0 Å². The van der Waals surface area contributed by atoms with Crippen molar-refractivity contribution in [3.8, 4) is 0 Å². The molecule has 0 nitrogen and oxygen atoms in total. The van der Waals surface area contributed by atoms with Crippen LogP contribution in [0.3, 0.4) is 0 Å². The van der Waals surface area contributed by atoms with Crippen LogP contribution < -0.4 is 0 Å². The summed E-state index contributed by atoms with van der Waals surface area (Å²) in [5.41, 5.74) is 2.50. The van der Waals surface area contributed by atoms with E-state index < -0.39 is 0 Å². The van der Waals surface area contributed by atoms with Crippen LogP contribution in [0.5, 0.6) is 0 Å². The fourth-order valence-corrected chi connectivity index (χ4v) is 1.74. The fourth-order valence-electron chi connectivity index (χ4n) is 1.74. The van der Waals surface area contributed by atoms with Gasteiger partial charge in [-0.05, 0) is 29.7 Å². The zero-order valence-corrected chi connectivity index (χ0v) is 8.20. The van der Waals surface area contributed by atoms with E-state index in [0.29, 0.717) is 5.92 Å². The molecule has 14 heavy (non-hydrogen) atoms. The molecular weight excluding hydrogens is 175 g/mol. The Morgan fingerprint density at radius 3 is 2.50 bits per heavy atom. The van der Waals surface area contributed by atoms with Crippen molar-refractivity contribution in [2.24, 2.45) is 0 Å². The van der Waals surface area contributed by atoms with Crippen molar-refractivity contribution in [3.63, 3.8) is 0 Å². The molecule has 0 spiro atoms. The molecule has 0 bridgehead atoms. The van der Waals surface area contributed by atoms with Crippen LogP contribution in [0.25, 0.3) is 0 Å². The molecule has 1 heteroatoms. The van der Waals surface area contributed by atoms with Crippen LogP contribution >= 0.6 is 0 Å². The van der Waals surface area contributed by atoms with Crippen LogP contribution in [-0.2, 0) is 0 Å². The molecule has 2 rings (SSSR count). The molecule has 0 radical (unpaired) electrons. The number of halogens is 1. The highest BCUT2D eigenvalue weighted by Crippen LogP contribution is 2.27. The van der Waals surface area contributed by atoms with Crippen LogP contribution in [0.15, 0.2) is 48.1 Å². The maximum absolute atomic E-state index is 12.7. The van der Waals surface area contributed by atoms with Crippen molar-refractivity contribution in [1.29, 1.82) is 0 Å². The normalized spacial score (nSPS) is 16.9. The van der Waals surface area contributed by atoms with Gasteiger partial charge in [0.05, 0.1) is 0 Å². The molecule has 1 aliphatic rings. The first-order chi connectivity index (χ1) is 6.77. The Bertz CT molecular complexity index is 371. The van der Waals surface area contributed by atoms with Gasteiger partial charge in [-0.3, -0.25) is 0 Å². The van der Waals surface area contributed by atoms with Gasteiger partial charge in [-0.2, -0.15) is 0 Å². The molecule has 0 saturated heterocycles. The molecule has 0 saturated carbocycles. The second kappa shape index (κ2) is 3.79. The Labute approximate surface area is 83.8 Å². The summed E-state index contributed by atoms with van der Waals surface area (Å²) < 4.78 is 12.7. The molecule has 0 heterocycles. The van der Waals surface area contributed by atoms with Gasteiger partial charge < -0.3 is 0 Å². The molecule has 1 aromatic carbocycles. The first-order valence-electron chi connectivity index (χ1n) is 4.89. The Balaban J connectivity index is 2.22. The second-order valence-corrected chi connectivity index (χ2v) is 3.62. The van der Waals surface area contributed by atoms with E-state index in [4.69, 9.17) is 0 Å². The highest BCUT2D eigenvalue weighted by atomic mass is 19.1. The molecule has 1 unspecified atom stereocenters. The summed E-state index contributed by atoms with van der Waals surface area (Å²) in [6, 6.07) is 6.75. The maximum Gasteiger partial charge on any atom is 0.123 e. The number of hydrogen-bond acceptors (Lipinski definition) is 0. The van der Waals surface area contributed by atoms with Crippen LogP contribution in [0.2, 0.25) is 0 Å². The van der Waals surface area contributed by atoms with Crippen LogP contribution in [0.1, 0.15) is 24.8 Å². The molecule has 0 aromatic heterocycles. The van der Waals surface area contributed by atoms with Gasteiger partial charge in [-0.15, -0.1) is 0 Å². The predicted octanol–water partition coefficient (Wildman–Crippen LogP) is 3.82. The minimum Gasteiger partial charge on any atom is -0.207 e. The molecule has 0 aliphatic heterocycles. The first kappa shape index (κ1) is 9.20. The third kappa shape index (κ3) is 1.77. The Morgan fingerprint density at radius 1 is 1.21 bits per heavy atom. The first-order valence-corrected chi connectivity index (χ1v) is 4.89.